The molecular formula is C20H18ClN5OS. The van der Waals surface area contributed by atoms with Gasteiger partial charge in [0.25, 0.3) is 5.91 Å². The van der Waals surface area contributed by atoms with Crippen molar-refractivity contribution in [3.8, 4) is 0 Å². The lowest BCUT2D eigenvalue weighted by Gasteiger charge is -2.19. The molecule has 0 bridgehead atoms. The van der Waals surface area contributed by atoms with E-state index in [4.69, 9.17) is 11.6 Å². The zero-order chi connectivity index (χ0) is 19.7. The molecule has 0 N–H and O–H groups in total. The van der Waals surface area contributed by atoms with E-state index < -0.39 is 0 Å². The van der Waals surface area contributed by atoms with Gasteiger partial charge in [0.1, 0.15) is 11.2 Å². The second kappa shape index (κ2) is 7.69. The number of aryl methyl sites for hydroxylation is 2. The van der Waals surface area contributed by atoms with Gasteiger partial charge in [-0.25, -0.2) is 4.98 Å². The number of pyridine rings is 1. The van der Waals surface area contributed by atoms with Crippen molar-refractivity contribution < 1.29 is 4.79 Å². The molecule has 0 saturated heterocycles. The van der Waals surface area contributed by atoms with Crippen molar-refractivity contribution in [2.75, 3.05) is 4.90 Å². The SMILES string of the molecule is CCn1nc(C)cc1C(=O)N(Cc1ccccn1)c1nc2c(Cl)cccc2s1. The molecule has 0 spiro atoms. The summed E-state index contributed by atoms with van der Waals surface area (Å²) < 4.78 is 2.64. The van der Waals surface area contributed by atoms with Crippen molar-refractivity contribution in [1.29, 1.82) is 0 Å². The number of para-hydroxylation sites is 1. The minimum Gasteiger partial charge on any atom is -0.277 e. The van der Waals surface area contributed by atoms with Crippen molar-refractivity contribution in [2.45, 2.75) is 26.9 Å². The standard InChI is InChI=1S/C20H18ClN5OS/c1-3-26-16(11-13(2)24-26)19(27)25(12-14-7-4-5-10-22-14)20-23-18-15(21)8-6-9-17(18)28-20/h4-11H,3,12H2,1-2H3. The number of aromatic nitrogens is 4. The van der Waals surface area contributed by atoms with E-state index in [1.807, 2.05) is 44.2 Å². The van der Waals surface area contributed by atoms with Gasteiger partial charge in [0.15, 0.2) is 5.13 Å². The lowest BCUT2D eigenvalue weighted by molar-refractivity contribution is 0.0974. The number of nitrogens with zero attached hydrogens (tertiary/aromatic N) is 5. The van der Waals surface area contributed by atoms with Crippen LogP contribution in [0, 0.1) is 6.92 Å². The Kier molecular flexibility index (Phi) is 5.11. The van der Waals surface area contributed by atoms with Gasteiger partial charge < -0.3 is 0 Å². The highest BCUT2D eigenvalue weighted by molar-refractivity contribution is 7.22. The maximum Gasteiger partial charge on any atom is 0.278 e. The number of fused-ring (bicyclic) bond motifs is 1. The van der Waals surface area contributed by atoms with Crippen LogP contribution >= 0.6 is 22.9 Å². The molecule has 0 saturated carbocycles. The molecule has 142 valence electrons. The summed E-state index contributed by atoms with van der Waals surface area (Å²) in [6.45, 7) is 4.76. The fraction of sp³-hybridized carbons (Fsp3) is 0.200. The summed E-state index contributed by atoms with van der Waals surface area (Å²) in [5, 5.41) is 5.56. The average Bonchev–Trinajstić information content (AvgIpc) is 3.30. The molecule has 1 amide bonds. The molecule has 0 radical (unpaired) electrons. The van der Waals surface area contributed by atoms with Gasteiger partial charge >= 0.3 is 0 Å². The van der Waals surface area contributed by atoms with Gasteiger partial charge in [-0.3, -0.25) is 19.4 Å². The highest BCUT2D eigenvalue weighted by Crippen LogP contribution is 2.34. The largest absolute Gasteiger partial charge is 0.278 e. The predicted molar refractivity (Wildman–Crippen MR) is 112 cm³/mol. The second-order valence-corrected chi connectivity index (χ2v) is 7.70. The van der Waals surface area contributed by atoms with Crippen LogP contribution in [0.4, 0.5) is 5.13 Å². The van der Waals surface area contributed by atoms with E-state index in [2.05, 4.69) is 15.1 Å². The first-order valence-electron chi connectivity index (χ1n) is 8.88. The third-order valence-corrected chi connectivity index (χ3v) is 5.65. The third kappa shape index (κ3) is 3.50. The Labute approximate surface area is 171 Å². The molecule has 0 unspecified atom stereocenters. The zero-order valence-electron chi connectivity index (χ0n) is 15.5. The van der Waals surface area contributed by atoms with E-state index in [-0.39, 0.29) is 5.91 Å². The molecule has 3 heterocycles. The monoisotopic (exact) mass is 411 g/mol. The maximum absolute atomic E-state index is 13.5. The topological polar surface area (TPSA) is 63.9 Å². The van der Waals surface area contributed by atoms with Gasteiger partial charge in [-0.15, -0.1) is 0 Å². The Balaban J connectivity index is 1.81. The number of halogens is 1. The number of carbonyl (C=O) groups excluding carboxylic acids is 1. The summed E-state index contributed by atoms with van der Waals surface area (Å²) in [6, 6.07) is 13.1. The minimum absolute atomic E-state index is 0.164. The van der Waals surface area contributed by atoms with E-state index in [0.29, 0.717) is 34.5 Å². The van der Waals surface area contributed by atoms with Crippen molar-refractivity contribution in [1.82, 2.24) is 19.7 Å². The third-order valence-electron chi connectivity index (χ3n) is 4.30. The molecule has 28 heavy (non-hydrogen) atoms. The minimum atomic E-state index is -0.164. The number of amides is 1. The van der Waals surface area contributed by atoms with Crippen LogP contribution in [-0.2, 0) is 13.1 Å². The van der Waals surface area contributed by atoms with E-state index in [1.165, 1.54) is 11.3 Å². The Hall–Kier alpha value is -2.77. The van der Waals surface area contributed by atoms with Crippen LogP contribution in [0.2, 0.25) is 5.02 Å². The predicted octanol–water partition coefficient (Wildman–Crippen LogP) is 4.72. The fourth-order valence-electron chi connectivity index (χ4n) is 3.00. The normalized spacial score (nSPS) is 11.1. The number of anilines is 1. The molecule has 0 aliphatic rings. The molecule has 8 heteroatoms. The lowest BCUT2D eigenvalue weighted by Crippen LogP contribution is -2.32. The van der Waals surface area contributed by atoms with Crippen LogP contribution < -0.4 is 4.90 Å². The summed E-state index contributed by atoms with van der Waals surface area (Å²) >= 11 is 7.73. The van der Waals surface area contributed by atoms with Crippen molar-refractivity contribution >= 4 is 44.2 Å². The van der Waals surface area contributed by atoms with Gasteiger partial charge in [-0.05, 0) is 44.2 Å². The van der Waals surface area contributed by atoms with Gasteiger partial charge in [0.05, 0.1) is 27.7 Å². The fourth-order valence-corrected chi connectivity index (χ4v) is 4.26. The maximum atomic E-state index is 13.5. The first-order valence-corrected chi connectivity index (χ1v) is 10.1. The van der Waals surface area contributed by atoms with Crippen molar-refractivity contribution in [2.24, 2.45) is 0 Å². The van der Waals surface area contributed by atoms with Gasteiger partial charge in [-0.2, -0.15) is 5.10 Å². The molecule has 0 atom stereocenters. The van der Waals surface area contributed by atoms with Gasteiger partial charge in [0.2, 0.25) is 0 Å². The number of thiazole rings is 1. The Morgan fingerprint density at radius 1 is 1.25 bits per heavy atom. The first kappa shape index (κ1) is 18.6. The summed E-state index contributed by atoms with van der Waals surface area (Å²) in [4.78, 5) is 24.1. The highest BCUT2D eigenvalue weighted by Gasteiger charge is 2.25. The van der Waals surface area contributed by atoms with Crippen molar-refractivity contribution in [3.05, 3.63) is 70.8 Å². The number of hydrogen-bond acceptors (Lipinski definition) is 5. The van der Waals surface area contributed by atoms with Crippen molar-refractivity contribution in [3.63, 3.8) is 0 Å². The van der Waals surface area contributed by atoms with E-state index in [0.717, 1.165) is 16.1 Å². The zero-order valence-corrected chi connectivity index (χ0v) is 17.0. The molecule has 3 aromatic heterocycles. The van der Waals surface area contributed by atoms with Crippen LogP contribution in [0.25, 0.3) is 10.2 Å². The van der Waals surface area contributed by atoms with Crippen LogP contribution in [0.15, 0.2) is 48.7 Å². The van der Waals surface area contributed by atoms with Crippen LogP contribution in [0.1, 0.15) is 28.8 Å². The summed E-state index contributed by atoms with van der Waals surface area (Å²) in [5.41, 5.74) is 2.81. The molecular weight excluding hydrogens is 394 g/mol. The number of rotatable bonds is 5. The van der Waals surface area contributed by atoms with E-state index in [9.17, 15) is 4.79 Å². The first-order chi connectivity index (χ1) is 13.6. The lowest BCUT2D eigenvalue weighted by atomic mass is 10.3. The Morgan fingerprint density at radius 2 is 2.11 bits per heavy atom. The molecule has 0 fully saturated rings. The summed E-state index contributed by atoms with van der Waals surface area (Å²) in [6.07, 6.45) is 1.72. The molecule has 4 rings (SSSR count). The van der Waals surface area contributed by atoms with Gasteiger partial charge in [-0.1, -0.05) is 35.1 Å². The Morgan fingerprint density at radius 3 is 2.82 bits per heavy atom. The van der Waals surface area contributed by atoms with Crippen LogP contribution in [0.3, 0.4) is 0 Å². The smallest absolute Gasteiger partial charge is 0.277 e. The summed E-state index contributed by atoms with van der Waals surface area (Å²) in [7, 11) is 0. The highest BCUT2D eigenvalue weighted by atomic mass is 35.5. The summed E-state index contributed by atoms with van der Waals surface area (Å²) in [5.74, 6) is -0.164. The van der Waals surface area contributed by atoms with Crippen LogP contribution in [0.5, 0.6) is 0 Å². The van der Waals surface area contributed by atoms with Crippen LogP contribution in [-0.4, -0.2) is 25.7 Å². The molecule has 0 aliphatic carbocycles. The number of hydrogen-bond donors (Lipinski definition) is 0. The quantitative estimate of drug-likeness (QED) is 0.476. The Bertz CT molecular complexity index is 1140. The molecule has 4 aromatic rings. The number of benzene rings is 1. The number of carbonyl (C=O) groups is 1. The molecule has 0 aliphatic heterocycles. The van der Waals surface area contributed by atoms with E-state index in [1.54, 1.807) is 27.9 Å². The molecule has 1 aromatic carbocycles. The molecule has 6 nitrogen and oxygen atoms in total. The second-order valence-electron chi connectivity index (χ2n) is 6.28. The van der Waals surface area contributed by atoms with E-state index >= 15 is 0 Å². The van der Waals surface area contributed by atoms with Gasteiger partial charge in [0, 0.05) is 12.7 Å². The average molecular weight is 412 g/mol.